The maximum atomic E-state index is 12.7. The van der Waals surface area contributed by atoms with E-state index in [-0.39, 0.29) is 11.8 Å². The first-order valence-electron chi connectivity index (χ1n) is 8.16. The minimum absolute atomic E-state index is 0.0549. The van der Waals surface area contributed by atoms with E-state index in [0.717, 1.165) is 17.5 Å². The lowest BCUT2D eigenvalue weighted by Crippen LogP contribution is -2.37. The molecule has 1 heterocycles. The molecule has 2 rings (SSSR count). The van der Waals surface area contributed by atoms with E-state index in [9.17, 15) is 9.59 Å². The highest BCUT2D eigenvalue weighted by Gasteiger charge is 2.22. The molecule has 23 heavy (non-hydrogen) atoms. The van der Waals surface area contributed by atoms with Gasteiger partial charge in [0.05, 0.1) is 13.0 Å². The molecule has 0 bridgehead atoms. The molecule has 1 aromatic carbocycles. The van der Waals surface area contributed by atoms with Crippen LogP contribution in [0.5, 0.6) is 0 Å². The monoisotopic (exact) mass is 318 g/mol. The van der Waals surface area contributed by atoms with E-state index in [1.165, 1.54) is 5.56 Å². The van der Waals surface area contributed by atoms with Crippen molar-refractivity contribution in [1.29, 1.82) is 0 Å². The molecule has 1 fully saturated rings. The Morgan fingerprint density at radius 3 is 2.43 bits per heavy atom. The summed E-state index contributed by atoms with van der Waals surface area (Å²) in [6.07, 6.45) is 1.22. The first kappa shape index (κ1) is 17.5. The number of nitrogens with zero attached hydrogens (tertiary/aromatic N) is 2. The predicted octanol–water partition coefficient (Wildman–Crippen LogP) is 2.01. The van der Waals surface area contributed by atoms with Gasteiger partial charge < -0.3 is 14.5 Å². The maximum absolute atomic E-state index is 12.7. The van der Waals surface area contributed by atoms with Crippen LogP contribution in [0.25, 0.3) is 0 Å². The first-order chi connectivity index (χ1) is 11.0. The average molecular weight is 318 g/mol. The third-order valence-electron chi connectivity index (χ3n) is 4.41. The number of ether oxygens (including phenoxy) is 1. The molecule has 2 amide bonds. The van der Waals surface area contributed by atoms with Crippen molar-refractivity contribution in [2.45, 2.75) is 26.7 Å². The largest absolute Gasteiger partial charge is 0.384 e. The Morgan fingerprint density at radius 1 is 1.04 bits per heavy atom. The molecule has 0 aromatic heterocycles. The number of carbonyl (C=O) groups is 2. The van der Waals surface area contributed by atoms with Gasteiger partial charge in [0, 0.05) is 38.9 Å². The number of carbonyl (C=O) groups excluding carboxylic acids is 2. The number of amides is 2. The Bertz CT molecular complexity index is 571. The summed E-state index contributed by atoms with van der Waals surface area (Å²) < 4.78 is 4.96. The highest BCUT2D eigenvalue weighted by atomic mass is 16.5. The standard InChI is InChI=1S/C18H26N2O3/c1-14-5-6-16(13-15(14)2)18(22)20-9-4-8-19(10-11-20)17(21)7-12-23-3/h5-6,13H,4,7-12H2,1-3H3. The van der Waals surface area contributed by atoms with Crippen LogP contribution < -0.4 is 0 Å². The van der Waals surface area contributed by atoms with Crippen molar-refractivity contribution in [3.8, 4) is 0 Å². The van der Waals surface area contributed by atoms with E-state index in [1.807, 2.05) is 41.8 Å². The summed E-state index contributed by atoms with van der Waals surface area (Å²) in [5, 5.41) is 0. The van der Waals surface area contributed by atoms with Gasteiger partial charge in [-0.2, -0.15) is 0 Å². The van der Waals surface area contributed by atoms with E-state index < -0.39 is 0 Å². The third kappa shape index (κ3) is 4.55. The lowest BCUT2D eigenvalue weighted by atomic mass is 10.1. The Labute approximate surface area is 138 Å². The fourth-order valence-electron chi connectivity index (χ4n) is 2.77. The molecular weight excluding hydrogens is 292 g/mol. The van der Waals surface area contributed by atoms with Gasteiger partial charge in [-0.15, -0.1) is 0 Å². The third-order valence-corrected chi connectivity index (χ3v) is 4.41. The highest BCUT2D eigenvalue weighted by molar-refractivity contribution is 5.94. The Morgan fingerprint density at radius 2 is 1.74 bits per heavy atom. The maximum Gasteiger partial charge on any atom is 0.253 e. The molecule has 0 unspecified atom stereocenters. The fraction of sp³-hybridized carbons (Fsp3) is 0.556. The molecule has 5 nitrogen and oxygen atoms in total. The van der Waals surface area contributed by atoms with Gasteiger partial charge in [0.2, 0.25) is 5.91 Å². The zero-order valence-corrected chi connectivity index (χ0v) is 14.3. The Hall–Kier alpha value is -1.88. The van der Waals surface area contributed by atoms with Crippen LogP contribution in [0.1, 0.15) is 34.3 Å². The lowest BCUT2D eigenvalue weighted by Gasteiger charge is -2.22. The summed E-state index contributed by atoms with van der Waals surface area (Å²) in [4.78, 5) is 28.4. The molecular formula is C18H26N2O3. The van der Waals surface area contributed by atoms with Crippen molar-refractivity contribution >= 4 is 11.8 Å². The first-order valence-corrected chi connectivity index (χ1v) is 8.16. The van der Waals surface area contributed by atoms with E-state index >= 15 is 0 Å². The molecule has 0 saturated carbocycles. The number of benzene rings is 1. The summed E-state index contributed by atoms with van der Waals surface area (Å²) >= 11 is 0. The predicted molar refractivity (Wildman–Crippen MR) is 89.5 cm³/mol. The lowest BCUT2D eigenvalue weighted by molar-refractivity contribution is -0.132. The van der Waals surface area contributed by atoms with Gasteiger partial charge in [0.1, 0.15) is 0 Å². The van der Waals surface area contributed by atoms with Gasteiger partial charge in [-0.3, -0.25) is 9.59 Å². The van der Waals surface area contributed by atoms with Crippen LogP contribution >= 0.6 is 0 Å². The summed E-state index contributed by atoms with van der Waals surface area (Å²) in [5.74, 6) is 0.159. The normalized spacial score (nSPS) is 15.4. The molecule has 1 aliphatic heterocycles. The van der Waals surface area contributed by atoms with E-state index in [2.05, 4.69) is 0 Å². The summed E-state index contributed by atoms with van der Waals surface area (Å²) in [7, 11) is 1.60. The van der Waals surface area contributed by atoms with Crippen molar-refractivity contribution in [2.75, 3.05) is 39.9 Å². The van der Waals surface area contributed by atoms with Gasteiger partial charge in [-0.05, 0) is 43.5 Å². The second-order valence-electron chi connectivity index (χ2n) is 6.07. The van der Waals surface area contributed by atoms with Crippen molar-refractivity contribution in [1.82, 2.24) is 9.80 Å². The van der Waals surface area contributed by atoms with E-state index in [0.29, 0.717) is 39.2 Å². The topological polar surface area (TPSA) is 49.9 Å². The average Bonchev–Trinajstić information content (AvgIpc) is 2.80. The van der Waals surface area contributed by atoms with Gasteiger partial charge in [-0.1, -0.05) is 6.07 Å². The van der Waals surface area contributed by atoms with Crippen LogP contribution in [-0.2, 0) is 9.53 Å². The molecule has 1 aromatic rings. The summed E-state index contributed by atoms with van der Waals surface area (Å²) in [5.41, 5.74) is 3.04. The van der Waals surface area contributed by atoms with Gasteiger partial charge >= 0.3 is 0 Å². The van der Waals surface area contributed by atoms with Gasteiger partial charge in [-0.25, -0.2) is 0 Å². The molecule has 0 atom stereocenters. The Kier molecular flexibility index (Phi) is 6.16. The quantitative estimate of drug-likeness (QED) is 0.853. The highest BCUT2D eigenvalue weighted by Crippen LogP contribution is 2.14. The van der Waals surface area contributed by atoms with Crippen LogP contribution in [0.2, 0.25) is 0 Å². The van der Waals surface area contributed by atoms with Crippen molar-refractivity contribution < 1.29 is 14.3 Å². The molecule has 0 aliphatic carbocycles. The van der Waals surface area contributed by atoms with Gasteiger partial charge in [0.25, 0.3) is 5.91 Å². The second kappa shape index (κ2) is 8.11. The SMILES string of the molecule is COCCC(=O)N1CCCN(C(=O)c2ccc(C)c(C)c2)CC1. The number of hydrogen-bond acceptors (Lipinski definition) is 3. The van der Waals surface area contributed by atoms with Crippen molar-refractivity contribution in [2.24, 2.45) is 0 Å². The fourth-order valence-corrected chi connectivity index (χ4v) is 2.77. The minimum Gasteiger partial charge on any atom is -0.384 e. The van der Waals surface area contributed by atoms with Gasteiger partial charge in [0.15, 0.2) is 0 Å². The van der Waals surface area contributed by atoms with Crippen LogP contribution in [-0.4, -0.2) is 61.5 Å². The molecule has 0 N–H and O–H groups in total. The molecule has 1 saturated heterocycles. The van der Waals surface area contributed by atoms with E-state index in [1.54, 1.807) is 7.11 Å². The molecule has 5 heteroatoms. The number of methoxy groups -OCH3 is 1. The molecule has 1 aliphatic rings. The van der Waals surface area contributed by atoms with Crippen LogP contribution in [0.3, 0.4) is 0 Å². The Balaban J connectivity index is 1.98. The second-order valence-corrected chi connectivity index (χ2v) is 6.07. The smallest absolute Gasteiger partial charge is 0.253 e. The zero-order valence-electron chi connectivity index (χ0n) is 14.3. The van der Waals surface area contributed by atoms with Crippen LogP contribution in [0.15, 0.2) is 18.2 Å². The summed E-state index contributed by atoms with van der Waals surface area (Å²) in [6, 6.07) is 5.82. The van der Waals surface area contributed by atoms with Crippen LogP contribution in [0.4, 0.5) is 0 Å². The number of rotatable bonds is 4. The summed E-state index contributed by atoms with van der Waals surface area (Å²) in [6.45, 7) is 7.09. The number of aryl methyl sites for hydroxylation is 2. The molecule has 0 radical (unpaired) electrons. The number of hydrogen-bond donors (Lipinski definition) is 0. The van der Waals surface area contributed by atoms with Crippen LogP contribution in [0, 0.1) is 13.8 Å². The van der Waals surface area contributed by atoms with Crippen molar-refractivity contribution in [3.05, 3.63) is 34.9 Å². The van der Waals surface area contributed by atoms with Crippen molar-refractivity contribution in [3.63, 3.8) is 0 Å². The molecule has 126 valence electrons. The minimum atomic E-state index is 0.0549. The molecule has 0 spiro atoms. The zero-order chi connectivity index (χ0) is 16.8. The van der Waals surface area contributed by atoms with E-state index in [4.69, 9.17) is 4.74 Å².